The van der Waals surface area contributed by atoms with E-state index in [4.69, 9.17) is 9.15 Å². The largest absolute Gasteiger partial charge is 0.504 e. The van der Waals surface area contributed by atoms with Gasteiger partial charge in [0.05, 0.1) is 17.6 Å². The molecule has 2 N–H and O–H groups in total. The highest BCUT2D eigenvalue weighted by molar-refractivity contribution is 5.95. The molecule has 0 amide bonds. The zero-order valence-corrected chi connectivity index (χ0v) is 18.6. The quantitative estimate of drug-likeness (QED) is 0.561. The van der Waals surface area contributed by atoms with Gasteiger partial charge in [-0.1, -0.05) is 0 Å². The Balaban J connectivity index is 1.44. The van der Waals surface area contributed by atoms with E-state index in [2.05, 4.69) is 32.4 Å². The number of benzene rings is 1. The smallest absolute Gasteiger partial charge is 0.183 e. The molecular formula is C25H27N5O3. The maximum Gasteiger partial charge on any atom is 0.183 e. The van der Waals surface area contributed by atoms with Gasteiger partial charge in [0.2, 0.25) is 0 Å². The molecule has 4 heterocycles. The first-order chi connectivity index (χ1) is 16.2. The van der Waals surface area contributed by atoms with E-state index in [1.807, 2.05) is 24.3 Å². The molecule has 1 saturated carbocycles. The number of aromatic nitrogens is 1. The lowest BCUT2D eigenvalue weighted by Crippen LogP contribution is -2.44. The van der Waals surface area contributed by atoms with Crippen LogP contribution in [0.4, 0.5) is 5.82 Å². The van der Waals surface area contributed by atoms with Gasteiger partial charge in [0.15, 0.2) is 17.3 Å². The van der Waals surface area contributed by atoms with Crippen LogP contribution < -0.4 is 10.1 Å². The normalized spacial score (nSPS) is 20.5. The minimum atomic E-state index is 0.0900. The first-order valence-electron chi connectivity index (χ1n) is 11.6. The molecule has 0 spiro atoms. The molecule has 8 heteroatoms. The van der Waals surface area contributed by atoms with Crippen LogP contribution in [0.25, 0.3) is 22.7 Å². The van der Waals surface area contributed by atoms with E-state index >= 15 is 0 Å². The fourth-order valence-corrected chi connectivity index (χ4v) is 4.59. The Hall–Kier alpha value is -3.23. The van der Waals surface area contributed by atoms with Gasteiger partial charge >= 0.3 is 0 Å². The van der Waals surface area contributed by atoms with Crippen molar-refractivity contribution in [2.24, 2.45) is 16.1 Å². The summed E-state index contributed by atoms with van der Waals surface area (Å²) < 4.78 is 12.6. The molecule has 8 nitrogen and oxygen atoms in total. The standard InChI is InChI=1S/C25H27N5O3/c1-15(30-11-9-26-10-12-30)22-20(32-14-16-4-5-16)7-6-18-23(31)21(33-24(18)22)13-19-17-3-2-8-27-25(17)29-28-19/h2-3,6-8,13,15-16,26,31H,4-5,9-12,14H2,1H3. The van der Waals surface area contributed by atoms with E-state index in [1.54, 1.807) is 12.3 Å². The van der Waals surface area contributed by atoms with Crippen LogP contribution in [0.5, 0.6) is 11.5 Å². The third kappa shape index (κ3) is 3.79. The fraction of sp³-hybridized carbons (Fsp3) is 0.400. The Morgan fingerprint density at radius 2 is 2.09 bits per heavy atom. The van der Waals surface area contributed by atoms with Crippen LogP contribution in [0.2, 0.25) is 0 Å². The Morgan fingerprint density at radius 1 is 1.24 bits per heavy atom. The molecule has 1 unspecified atom stereocenters. The van der Waals surface area contributed by atoms with Gasteiger partial charge in [-0.25, -0.2) is 4.98 Å². The molecule has 2 fully saturated rings. The molecule has 1 atom stereocenters. The molecular weight excluding hydrogens is 418 g/mol. The number of hydrogen-bond donors (Lipinski definition) is 2. The van der Waals surface area contributed by atoms with Gasteiger partial charge < -0.3 is 19.6 Å². The van der Waals surface area contributed by atoms with E-state index in [-0.39, 0.29) is 11.8 Å². The predicted octanol–water partition coefficient (Wildman–Crippen LogP) is 4.88. The van der Waals surface area contributed by atoms with Crippen molar-refractivity contribution in [1.29, 1.82) is 0 Å². The number of hydrogen-bond acceptors (Lipinski definition) is 8. The van der Waals surface area contributed by atoms with Crippen molar-refractivity contribution in [3.8, 4) is 11.5 Å². The number of nitrogens with zero attached hydrogens (tertiary/aromatic N) is 4. The van der Waals surface area contributed by atoms with E-state index in [0.717, 1.165) is 49.7 Å². The summed E-state index contributed by atoms with van der Waals surface area (Å²) in [5.74, 6) is 2.53. The SMILES string of the molecule is CC(c1c(OCC2CC2)ccc2c(O)c(C=C3N=Nc4ncccc43)oc12)N1CCNCC1. The topological polar surface area (TPSA) is 95.5 Å². The number of ether oxygens (including phenoxy) is 1. The van der Waals surface area contributed by atoms with Crippen LogP contribution in [-0.4, -0.2) is 47.8 Å². The zero-order valence-electron chi connectivity index (χ0n) is 18.6. The van der Waals surface area contributed by atoms with E-state index in [9.17, 15) is 5.11 Å². The molecule has 6 rings (SSSR count). The van der Waals surface area contributed by atoms with Crippen LogP contribution in [0.1, 0.15) is 42.7 Å². The second kappa shape index (κ2) is 8.28. The molecule has 170 valence electrons. The maximum atomic E-state index is 11.0. The molecule has 2 aromatic heterocycles. The van der Waals surface area contributed by atoms with Crippen molar-refractivity contribution < 1.29 is 14.3 Å². The van der Waals surface area contributed by atoms with Crippen molar-refractivity contribution in [3.05, 3.63) is 47.3 Å². The second-order valence-corrected chi connectivity index (χ2v) is 8.99. The Morgan fingerprint density at radius 3 is 2.91 bits per heavy atom. The Kier molecular flexibility index (Phi) is 5.11. The highest BCUT2D eigenvalue weighted by atomic mass is 16.5. The highest BCUT2D eigenvalue weighted by Gasteiger charge is 2.29. The lowest BCUT2D eigenvalue weighted by atomic mass is 10.0. The third-order valence-electron chi connectivity index (χ3n) is 6.73. The number of azo groups is 1. The minimum Gasteiger partial charge on any atom is -0.504 e. The number of fused-ring (bicyclic) bond motifs is 2. The van der Waals surface area contributed by atoms with Crippen LogP contribution in [-0.2, 0) is 0 Å². The average molecular weight is 446 g/mol. The highest BCUT2D eigenvalue weighted by Crippen LogP contribution is 2.44. The van der Waals surface area contributed by atoms with Crippen molar-refractivity contribution in [3.63, 3.8) is 0 Å². The van der Waals surface area contributed by atoms with Crippen molar-refractivity contribution in [2.45, 2.75) is 25.8 Å². The number of pyridine rings is 1. The molecule has 1 saturated heterocycles. The van der Waals surface area contributed by atoms with Crippen molar-refractivity contribution >= 4 is 28.6 Å². The minimum absolute atomic E-state index is 0.0900. The summed E-state index contributed by atoms with van der Waals surface area (Å²) in [6.07, 6.45) is 5.88. The van der Waals surface area contributed by atoms with Crippen molar-refractivity contribution in [1.82, 2.24) is 15.2 Å². The van der Waals surface area contributed by atoms with Crippen LogP contribution in [0.15, 0.2) is 45.1 Å². The summed E-state index contributed by atoms with van der Waals surface area (Å²) >= 11 is 0. The number of nitrogens with one attached hydrogen (secondary N) is 1. The van der Waals surface area contributed by atoms with E-state index < -0.39 is 0 Å². The molecule has 3 aliphatic rings. The van der Waals surface area contributed by atoms with Gasteiger partial charge in [-0.05, 0) is 49.9 Å². The molecule has 1 aromatic carbocycles. The number of aromatic hydroxyl groups is 1. The second-order valence-electron chi connectivity index (χ2n) is 8.99. The van der Waals surface area contributed by atoms with Gasteiger partial charge in [0.1, 0.15) is 17.0 Å². The van der Waals surface area contributed by atoms with Crippen LogP contribution >= 0.6 is 0 Å². The lowest BCUT2D eigenvalue weighted by Gasteiger charge is -2.33. The number of furan rings is 1. The summed E-state index contributed by atoms with van der Waals surface area (Å²) in [4.78, 5) is 6.67. The average Bonchev–Trinajstić information content (AvgIpc) is 3.52. The molecule has 1 aliphatic carbocycles. The molecule has 0 bridgehead atoms. The summed E-state index contributed by atoms with van der Waals surface area (Å²) in [5, 5.41) is 23.5. The van der Waals surface area contributed by atoms with Gasteiger partial charge in [0, 0.05) is 50.1 Å². The van der Waals surface area contributed by atoms with Gasteiger partial charge in [-0.2, -0.15) is 0 Å². The van der Waals surface area contributed by atoms with E-state index in [1.165, 1.54) is 12.8 Å². The summed E-state index contributed by atoms with van der Waals surface area (Å²) in [6.45, 7) is 6.73. The fourth-order valence-electron chi connectivity index (χ4n) is 4.59. The van der Waals surface area contributed by atoms with Gasteiger partial charge in [-0.3, -0.25) is 4.90 Å². The first-order valence-corrected chi connectivity index (χ1v) is 11.6. The molecule has 33 heavy (non-hydrogen) atoms. The lowest BCUT2D eigenvalue weighted by molar-refractivity contribution is 0.180. The van der Waals surface area contributed by atoms with Crippen molar-refractivity contribution in [2.75, 3.05) is 32.8 Å². The van der Waals surface area contributed by atoms with Gasteiger partial charge in [-0.15, -0.1) is 10.2 Å². The molecule has 2 aliphatic heterocycles. The first kappa shape index (κ1) is 20.4. The maximum absolute atomic E-state index is 11.0. The Bertz CT molecular complexity index is 1250. The van der Waals surface area contributed by atoms with Crippen LogP contribution in [0.3, 0.4) is 0 Å². The van der Waals surface area contributed by atoms with E-state index in [0.29, 0.717) is 34.2 Å². The molecule has 3 aromatic rings. The summed E-state index contributed by atoms with van der Waals surface area (Å²) in [6, 6.07) is 7.71. The number of piperazine rings is 1. The monoisotopic (exact) mass is 445 g/mol. The number of rotatable bonds is 6. The zero-order chi connectivity index (χ0) is 22.4. The predicted molar refractivity (Wildman–Crippen MR) is 126 cm³/mol. The van der Waals surface area contributed by atoms with Gasteiger partial charge in [0.25, 0.3) is 0 Å². The van der Waals surface area contributed by atoms with Crippen LogP contribution in [0, 0.1) is 5.92 Å². The molecule has 0 radical (unpaired) electrons. The Labute approximate surface area is 192 Å². The summed E-state index contributed by atoms with van der Waals surface area (Å²) in [7, 11) is 0. The third-order valence-corrected chi connectivity index (χ3v) is 6.73. The summed E-state index contributed by atoms with van der Waals surface area (Å²) in [5.41, 5.74) is 3.10.